The number of halogens is 2. The molecule has 4 atom stereocenters. The van der Waals surface area contributed by atoms with Crippen LogP contribution in [0.4, 0.5) is 0 Å². The number of carbonyl (C=O) groups is 1. The molecule has 3 aliphatic rings. The third-order valence-electron chi connectivity index (χ3n) is 3.67. The Morgan fingerprint density at radius 3 is 2.73 bits per heavy atom. The van der Waals surface area contributed by atoms with Crippen LogP contribution in [-0.4, -0.2) is 28.9 Å². The smallest absolute Gasteiger partial charge is 0.237 e. The van der Waals surface area contributed by atoms with Gasteiger partial charge in [0.25, 0.3) is 0 Å². The van der Waals surface area contributed by atoms with Crippen molar-refractivity contribution in [2.45, 2.75) is 35.7 Å². The lowest BCUT2D eigenvalue weighted by atomic mass is 10.1. The van der Waals surface area contributed by atoms with E-state index in [9.17, 15) is 4.79 Å². The summed E-state index contributed by atoms with van der Waals surface area (Å²) in [5.74, 6) is 1.10. The minimum Gasteiger partial charge on any atom is -0.354 e. The first-order chi connectivity index (χ1) is 7.06. The highest BCUT2D eigenvalue weighted by molar-refractivity contribution is 6.50. The predicted molar refractivity (Wildman–Crippen MR) is 59.0 cm³/mol. The van der Waals surface area contributed by atoms with Crippen molar-refractivity contribution in [1.82, 2.24) is 10.6 Å². The fourth-order valence-electron chi connectivity index (χ4n) is 2.36. The number of rotatable bonds is 3. The van der Waals surface area contributed by atoms with Gasteiger partial charge in [-0.25, -0.2) is 0 Å². The highest BCUT2D eigenvalue weighted by Crippen LogP contribution is 2.52. The van der Waals surface area contributed by atoms with Gasteiger partial charge in [-0.1, -0.05) is 0 Å². The second-order valence-electron chi connectivity index (χ2n) is 4.96. The monoisotopic (exact) mass is 248 g/mol. The number of amides is 1. The van der Waals surface area contributed by atoms with Gasteiger partial charge < -0.3 is 10.6 Å². The molecule has 1 aliphatic heterocycles. The molecule has 15 heavy (non-hydrogen) atoms. The maximum atomic E-state index is 11.7. The average Bonchev–Trinajstić information content (AvgIpc) is 3.00. The van der Waals surface area contributed by atoms with Gasteiger partial charge in [0.2, 0.25) is 5.91 Å². The number of carbonyl (C=O) groups excluding carboxylic acids is 1. The Hall–Kier alpha value is 0.01000. The first-order valence-corrected chi connectivity index (χ1v) is 6.23. The highest BCUT2D eigenvalue weighted by Gasteiger charge is 2.52. The van der Waals surface area contributed by atoms with Gasteiger partial charge in [-0.05, 0) is 25.2 Å². The largest absolute Gasteiger partial charge is 0.354 e. The van der Waals surface area contributed by atoms with E-state index in [2.05, 4.69) is 10.6 Å². The maximum Gasteiger partial charge on any atom is 0.237 e. The van der Waals surface area contributed by atoms with Crippen LogP contribution in [0.15, 0.2) is 0 Å². The summed E-state index contributed by atoms with van der Waals surface area (Å²) in [6.07, 6.45) is 3.03. The van der Waals surface area contributed by atoms with E-state index in [1.54, 1.807) is 0 Å². The Kier molecular flexibility index (Phi) is 2.21. The minimum atomic E-state index is -0.585. The van der Waals surface area contributed by atoms with Crippen molar-refractivity contribution in [2.75, 3.05) is 6.54 Å². The average molecular weight is 249 g/mol. The van der Waals surface area contributed by atoms with Crippen molar-refractivity contribution >= 4 is 29.1 Å². The van der Waals surface area contributed by atoms with E-state index in [-0.39, 0.29) is 17.9 Å². The summed E-state index contributed by atoms with van der Waals surface area (Å²) in [6, 6.07) is 0.634. The number of hydrogen-bond donors (Lipinski definition) is 2. The number of nitrogens with one attached hydrogen (secondary N) is 2. The molecule has 2 saturated carbocycles. The van der Waals surface area contributed by atoms with Crippen molar-refractivity contribution < 1.29 is 4.79 Å². The molecule has 0 radical (unpaired) electrons. The first-order valence-electron chi connectivity index (χ1n) is 5.48. The van der Waals surface area contributed by atoms with E-state index in [0.717, 1.165) is 18.8 Å². The van der Waals surface area contributed by atoms with E-state index >= 15 is 0 Å². The standard InChI is InChI=1S/C10H14Cl2N2O/c11-10(12)3-6(10)4-13-9(15)8-2-5-1-7(5)14-8/h5-8,14H,1-4H2,(H,13,15)/t5-,6-,7-,8+/m1/s1. The summed E-state index contributed by atoms with van der Waals surface area (Å²) in [6.45, 7) is 0.610. The SMILES string of the molecule is O=C(NC[C@H]1CC1(Cl)Cl)[C@@H]1C[C@H]2C[C@H]2N1. The van der Waals surface area contributed by atoms with Crippen molar-refractivity contribution in [3.8, 4) is 0 Å². The zero-order valence-electron chi connectivity index (χ0n) is 8.30. The van der Waals surface area contributed by atoms with Crippen molar-refractivity contribution in [3.63, 3.8) is 0 Å². The van der Waals surface area contributed by atoms with Gasteiger partial charge >= 0.3 is 0 Å². The van der Waals surface area contributed by atoms with E-state index < -0.39 is 4.33 Å². The van der Waals surface area contributed by atoms with Gasteiger partial charge in [-0.15, -0.1) is 23.2 Å². The summed E-state index contributed by atoms with van der Waals surface area (Å²) in [7, 11) is 0. The summed E-state index contributed by atoms with van der Waals surface area (Å²) in [5.41, 5.74) is 0. The fraction of sp³-hybridized carbons (Fsp3) is 0.900. The van der Waals surface area contributed by atoms with Crippen LogP contribution in [0, 0.1) is 11.8 Å². The number of fused-ring (bicyclic) bond motifs is 1. The van der Waals surface area contributed by atoms with Gasteiger partial charge in [0.15, 0.2) is 0 Å². The van der Waals surface area contributed by atoms with Crippen LogP contribution >= 0.6 is 23.2 Å². The van der Waals surface area contributed by atoms with Gasteiger partial charge in [-0.3, -0.25) is 4.79 Å². The molecule has 2 aliphatic carbocycles. The summed E-state index contributed by atoms with van der Waals surface area (Å²) in [4.78, 5) is 11.7. The van der Waals surface area contributed by atoms with Crippen LogP contribution in [0.3, 0.4) is 0 Å². The van der Waals surface area contributed by atoms with E-state index in [0.29, 0.717) is 12.6 Å². The first kappa shape index (κ1) is 10.2. The molecule has 0 aromatic carbocycles. The predicted octanol–water partition coefficient (Wildman–Crippen LogP) is 1.05. The topological polar surface area (TPSA) is 41.1 Å². The number of alkyl halides is 2. The Labute approximate surface area is 98.9 Å². The molecule has 0 spiro atoms. The summed E-state index contributed by atoms with van der Waals surface area (Å²) >= 11 is 11.8. The molecule has 3 fully saturated rings. The molecule has 3 nitrogen and oxygen atoms in total. The lowest BCUT2D eigenvalue weighted by Crippen LogP contribution is -2.43. The molecule has 1 heterocycles. The van der Waals surface area contributed by atoms with E-state index in [4.69, 9.17) is 23.2 Å². The zero-order chi connectivity index (χ0) is 10.6. The summed E-state index contributed by atoms with van der Waals surface area (Å²) < 4.78 is -0.585. The highest BCUT2D eigenvalue weighted by atomic mass is 35.5. The second-order valence-corrected chi connectivity index (χ2v) is 6.51. The van der Waals surface area contributed by atoms with Crippen molar-refractivity contribution in [2.24, 2.45) is 11.8 Å². The van der Waals surface area contributed by atoms with Crippen LogP contribution in [0.1, 0.15) is 19.3 Å². The maximum absolute atomic E-state index is 11.7. The van der Waals surface area contributed by atoms with Crippen molar-refractivity contribution in [1.29, 1.82) is 0 Å². The Bertz CT molecular complexity index is 298. The molecule has 0 aromatic heterocycles. The van der Waals surface area contributed by atoms with Crippen LogP contribution in [0.25, 0.3) is 0 Å². The normalized spacial score (nSPS) is 44.7. The number of hydrogen-bond acceptors (Lipinski definition) is 2. The number of piperidine rings is 1. The van der Waals surface area contributed by atoms with Crippen LogP contribution in [0.2, 0.25) is 0 Å². The lowest BCUT2D eigenvalue weighted by molar-refractivity contribution is -0.123. The summed E-state index contributed by atoms with van der Waals surface area (Å²) in [5, 5.41) is 6.23. The Balaban J connectivity index is 1.42. The molecule has 5 heteroatoms. The molecule has 84 valence electrons. The second kappa shape index (κ2) is 3.25. The Morgan fingerprint density at radius 1 is 1.47 bits per heavy atom. The molecular weight excluding hydrogens is 235 g/mol. The Morgan fingerprint density at radius 2 is 2.20 bits per heavy atom. The molecule has 1 amide bonds. The van der Waals surface area contributed by atoms with Gasteiger partial charge in [0.1, 0.15) is 4.33 Å². The van der Waals surface area contributed by atoms with E-state index in [1.807, 2.05) is 0 Å². The van der Waals surface area contributed by atoms with Gasteiger partial charge in [0.05, 0.1) is 6.04 Å². The van der Waals surface area contributed by atoms with Gasteiger partial charge in [-0.2, -0.15) is 0 Å². The molecular formula is C10H14Cl2N2O. The molecule has 0 bridgehead atoms. The fourth-order valence-corrected chi connectivity index (χ4v) is 2.89. The molecule has 2 N–H and O–H groups in total. The van der Waals surface area contributed by atoms with Crippen LogP contribution in [-0.2, 0) is 4.79 Å². The van der Waals surface area contributed by atoms with E-state index in [1.165, 1.54) is 6.42 Å². The molecule has 1 saturated heterocycles. The molecule has 0 aromatic rings. The zero-order valence-corrected chi connectivity index (χ0v) is 9.81. The van der Waals surface area contributed by atoms with Crippen LogP contribution < -0.4 is 10.6 Å². The third kappa shape index (κ3) is 1.97. The van der Waals surface area contributed by atoms with Gasteiger partial charge in [0, 0.05) is 18.5 Å². The quantitative estimate of drug-likeness (QED) is 0.734. The molecule has 3 rings (SSSR count). The lowest BCUT2D eigenvalue weighted by Gasteiger charge is -2.13. The molecule has 0 unspecified atom stereocenters. The minimum absolute atomic E-state index is 0.0209. The third-order valence-corrected chi connectivity index (χ3v) is 4.60. The van der Waals surface area contributed by atoms with Crippen molar-refractivity contribution in [3.05, 3.63) is 0 Å². The van der Waals surface area contributed by atoms with Crippen LogP contribution in [0.5, 0.6) is 0 Å².